The monoisotopic (exact) mass is 327 g/mol. The summed E-state index contributed by atoms with van der Waals surface area (Å²) in [6.07, 6.45) is 1.59. The van der Waals surface area contributed by atoms with Crippen molar-refractivity contribution in [2.75, 3.05) is 6.54 Å². The van der Waals surface area contributed by atoms with Crippen LogP contribution in [0.25, 0.3) is 0 Å². The summed E-state index contributed by atoms with van der Waals surface area (Å²) in [6.45, 7) is -0.0154. The Hall–Kier alpha value is -2.69. The van der Waals surface area contributed by atoms with Crippen molar-refractivity contribution in [3.05, 3.63) is 71.0 Å². The van der Waals surface area contributed by atoms with Crippen LogP contribution < -0.4 is 5.32 Å². The Morgan fingerprint density at radius 2 is 1.88 bits per heavy atom. The summed E-state index contributed by atoms with van der Waals surface area (Å²) in [5.74, 6) is -2.76. The molecule has 0 saturated carbocycles. The highest BCUT2D eigenvalue weighted by molar-refractivity contribution is 5.86. The van der Waals surface area contributed by atoms with Crippen molar-refractivity contribution in [3.63, 3.8) is 0 Å². The lowest BCUT2D eigenvalue weighted by atomic mass is 9.97. The molecular formula is C19H18FNO3. The van der Waals surface area contributed by atoms with E-state index in [4.69, 9.17) is 0 Å². The fourth-order valence-corrected chi connectivity index (χ4v) is 3.20. The number of halogens is 1. The molecule has 0 radical (unpaired) electrons. The maximum absolute atomic E-state index is 13.0. The largest absolute Gasteiger partial charge is 0.481 e. The first-order valence-corrected chi connectivity index (χ1v) is 7.90. The van der Waals surface area contributed by atoms with Gasteiger partial charge in [-0.05, 0) is 41.7 Å². The minimum absolute atomic E-state index is 0.0154. The topological polar surface area (TPSA) is 66.4 Å². The number of carbonyl (C=O) groups excluding carboxylic acids is 1. The van der Waals surface area contributed by atoms with Gasteiger partial charge in [-0.2, -0.15) is 0 Å². The van der Waals surface area contributed by atoms with Crippen molar-refractivity contribution in [1.29, 1.82) is 0 Å². The Kier molecular flexibility index (Phi) is 4.60. The van der Waals surface area contributed by atoms with E-state index in [9.17, 15) is 19.1 Å². The second-order valence-corrected chi connectivity index (χ2v) is 5.98. The van der Waals surface area contributed by atoms with E-state index >= 15 is 0 Å². The van der Waals surface area contributed by atoms with Crippen molar-refractivity contribution >= 4 is 11.9 Å². The highest BCUT2D eigenvalue weighted by Crippen LogP contribution is 2.33. The average molecular weight is 327 g/mol. The zero-order chi connectivity index (χ0) is 17.1. The molecule has 124 valence electrons. The number of nitrogens with one attached hydrogen (secondary N) is 1. The van der Waals surface area contributed by atoms with Gasteiger partial charge in [-0.25, -0.2) is 4.39 Å². The molecule has 5 heteroatoms. The Balaban J connectivity index is 1.68. The van der Waals surface area contributed by atoms with E-state index in [1.165, 1.54) is 29.8 Å². The SMILES string of the molecule is O=C(O)C(CNC(=O)C1CCc2ccccc21)c1ccc(F)cc1. The summed E-state index contributed by atoms with van der Waals surface area (Å²) in [4.78, 5) is 23.9. The van der Waals surface area contributed by atoms with E-state index in [2.05, 4.69) is 5.32 Å². The molecule has 0 aromatic heterocycles. The van der Waals surface area contributed by atoms with Gasteiger partial charge in [0, 0.05) is 6.54 Å². The third-order valence-electron chi connectivity index (χ3n) is 4.50. The molecule has 1 aliphatic carbocycles. The van der Waals surface area contributed by atoms with Crippen LogP contribution in [0.15, 0.2) is 48.5 Å². The Labute approximate surface area is 139 Å². The normalized spacial score (nSPS) is 17.1. The highest BCUT2D eigenvalue weighted by atomic mass is 19.1. The molecule has 1 aliphatic rings. The van der Waals surface area contributed by atoms with Crippen LogP contribution in [0.5, 0.6) is 0 Å². The van der Waals surface area contributed by atoms with Crippen LogP contribution in [0.2, 0.25) is 0 Å². The number of fused-ring (bicyclic) bond motifs is 1. The molecule has 0 spiro atoms. The Morgan fingerprint density at radius 3 is 2.58 bits per heavy atom. The zero-order valence-electron chi connectivity index (χ0n) is 13.0. The molecule has 0 aliphatic heterocycles. The van der Waals surface area contributed by atoms with Gasteiger partial charge in [0.2, 0.25) is 5.91 Å². The van der Waals surface area contributed by atoms with E-state index in [1.54, 1.807) is 0 Å². The number of amides is 1. The van der Waals surface area contributed by atoms with Crippen molar-refractivity contribution in [1.82, 2.24) is 5.32 Å². The number of hydrogen-bond acceptors (Lipinski definition) is 2. The number of carbonyl (C=O) groups is 2. The van der Waals surface area contributed by atoms with Gasteiger partial charge in [0.05, 0.1) is 11.8 Å². The summed E-state index contributed by atoms with van der Waals surface area (Å²) < 4.78 is 13.0. The molecule has 2 atom stereocenters. The smallest absolute Gasteiger partial charge is 0.312 e. The van der Waals surface area contributed by atoms with Crippen LogP contribution in [0.4, 0.5) is 4.39 Å². The third-order valence-corrected chi connectivity index (χ3v) is 4.50. The lowest BCUT2D eigenvalue weighted by Gasteiger charge is -2.17. The standard InChI is InChI=1S/C19H18FNO3/c20-14-8-5-13(6-9-14)17(19(23)24)11-21-18(22)16-10-7-12-3-1-2-4-15(12)16/h1-6,8-9,16-17H,7,10-11H2,(H,21,22)(H,23,24). The van der Waals surface area contributed by atoms with Gasteiger partial charge in [0.15, 0.2) is 0 Å². The fourth-order valence-electron chi connectivity index (χ4n) is 3.20. The van der Waals surface area contributed by atoms with E-state index in [0.717, 1.165) is 18.4 Å². The number of aliphatic carboxylic acids is 1. The number of rotatable bonds is 5. The van der Waals surface area contributed by atoms with Crippen LogP contribution in [0.3, 0.4) is 0 Å². The first-order valence-electron chi connectivity index (χ1n) is 7.90. The molecule has 2 aromatic rings. The number of aryl methyl sites for hydroxylation is 1. The number of hydrogen-bond donors (Lipinski definition) is 2. The van der Waals surface area contributed by atoms with Crippen LogP contribution in [0, 0.1) is 5.82 Å². The van der Waals surface area contributed by atoms with Gasteiger partial charge in [0.1, 0.15) is 5.82 Å². The van der Waals surface area contributed by atoms with Crippen LogP contribution >= 0.6 is 0 Å². The molecular weight excluding hydrogens is 309 g/mol. The Bertz CT molecular complexity index is 757. The predicted octanol–water partition coefficient (Wildman–Crippen LogP) is 2.84. The van der Waals surface area contributed by atoms with Crippen molar-refractivity contribution in [2.24, 2.45) is 0 Å². The van der Waals surface area contributed by atoms with Crippen molar-refractivity contribution in [3.8, 4) is 0 Å². The maximum Gasteiger partial charge on any atom is 0.312 e. The lowest BCUT2D eigenvalue weighted by Crippen LogP contribution is -2.34. The van der Waals surface area contributed by atoms with Gasteiger partial charge >= 0.3 is 5.97 Å². The molecule has 2 unspecified atom stereocenters. The molecule has 2 aromatic carbocycles. The maximum atomic E-state index is 13.0. The van der Waals surface area contributed by atoms with E-state index in [-0.39, 0.29) is 18.4 Å². The second-order valence-electron chi connectivity index (χ2n) is 5.98. The zero-order valence-corrected chi connectivity index (χ0v) is 13.0. The van der Waals surface area contributed by atoms with E-state index in [1.807, 2.05) is 24.3 Å². The summed E-state index contributed by atoms with van der Waals surface area (Å²) in [7, 11) is 0. The molecule has 0 saturated heterocycles. The molecule has 2 N–H and O–H groups in total. The summed E-state index contributed by atoms with van der Waals surface area (Å²) in [5, 5.41) is 12.1. The summed E-state index contributed by atoms with van der Waals surface area (Å²) in [6, 6.07) is 13.1. The quantitative estimate of drug-likeness (QED) is 0.887. The molecule has 4 nitrogen and oxygen atoms in total. The summed E-state index contributed by atoms with van der Waals surface area (Å²) >= 11 is 0. The molecule has 1 amide bonds. The van der Waals surface area contributed by atoms with E-state index in [0.29, 0.717) is 5.56 Å². The molecule has 3 rings (SSSR count). The second kappa shape index (κ2) is 6.83. The number of benzene rings is 2. The average Bonchev–Trinajstić information content (AvgIpc) is 3.00. The molecule has 0 fully saturated rings. The van der Waals surface area contributed by atoms with Crippen molar-refractivity contribution < 1.29 is 19.1 Å². The number of carboxylic acid groups (broad SMARTS) is 1. The van der Waals surface area contributed by atoms with Gasteiger partial charge in [0.25, 0.3) is 0 Å². The Morgan fingerprint density at radius 1 is 1.17 bits per heavy atom. The van der Waals surface area contributed by atoms with Crippen LogP contribution in [0.1, 0.15) is 34.9 Å². The van der Waals surface area contributed by atoms with Gasteiger partial charge in [-0.3, -0.25) is 9.59 Å². The summed E-state index contributed by atoms with van der Waals surface area (Å²) in [5.41, 5.74) is 2.66. The lowest BCUT2D eigenvalue weighted by molar-refractivity contribution is -0.138. The van der Waals surface area contributed by atoms with E-state index < -0.39 is 17.7 Å². The fraction of sp³-hybridized carbons (Fsp3) is 0.263. The van der Waals surface area contributed by atoms with Gasteiger partial charge in [-0.15, -0.1) is 0 Å². The highest BCUT2D eigenvalue weighted by Gasteiger charge is 2.29. The molecule has 24 heavy (non-hydrogen) atoms. The van der Waals surface area contributed by atoms with Gasteiger partial charge < -0.3 is 10.4 Å². The molecule has 0 heterocycles. The molecule has 0 bridgehead atoms. The third kappa shape index (κ3) is 3.30. The predicted molar refractivity (Wildman–Crippen MR) is 87.3 cm³/mol. The minimum Gasteiger partial charge on any atom is -0.481 e. The minimum atomic E-state index is -1.05. The first kappa shape index (κ1) is 16.2. The first-order chi connectivity index (χ1) is 11.6. The van der Waals surface area contributed by atoms with Crippen LogP contribution in [-0.4, -0.2) is 23.5 Å². The van der Waals surface area contributed by atoms with Gasteiger partial charge in [-0.1, -0.05) is 36.4 Å². The van der Waals surface area contributed by atoms with Crippen molar-refractivity contribution in [2.45, 2.75) is 24.7 Å². The number of carboxylic acids is 1. The van der Waals surface area contributed by atoms with Crippen LogP contribution in [-0.2, 0) is 16.0 Å².